The maximum atomic E-state index is 10.8. The van der Waals surface area contributed by atoms with Crippen LogP contribution in [0.15, 0.2) is 0 Å². The molecule has 0 radical (unpaired) electrons. The van der Waals surface area contributed by atoms with Crippen molar-refractivity contribution in [1.82, 2.24) is 5.32 Å². The van der Waals surface area contributed by atoms with Gasteiger partial charge in [-0.15, -0.1) is 0 Å². The number of aliphatic hydroxyl groups is 1. The lowest BCUT2D eigenvalue weighted by molar-refractivity contribution is -0.0657. The van der Waals surface area contributed by atoms with Gasteiger partial charge in [0.15, 0.2) is 0 Å². The fourth-order valence-corrected chi connectivity index (χ4v) is 3.55. The molecule has 0 aromatic carbocycles. The second-order valence-electron chi connectivity index (χ2n) is 5.96. The molecule has 2 atom stereocenters. The average Bonchev–Trinajstić information content (AvgIpc) is 2.59. The summed E-state index contributed by atoms with van der Waals surface area (Å²) in [6.07, 6.45) is 10.3. The zero-order valence-corrected chi connectivity index (χ0v) is 10.7. The van der Waals surface area contributed by atoms with Crippen molar-refractivity contribution in [3.05, 3.63) is 0 Å². The highest BCUT2D eigenvalue weighted by Crippen LogP contribution is 2.38. The molecule has 2 fully saturated rings. The van der Waals surface area contributed by atoms with Gasteiger partial charge < -0.3 is 10.4 Å². The van der Waals surface area contributed by atoms with Crippen LogP contribution in [0.1, 0.15) is 58.3 Å². The molecule has 2 aliphatic rings. The fraction of sp³-hybridized carbons (Fsp3) is 1.00. The van der Waals surface area contributed by atoms with Gasteiger partial charge in [-0.3, -0.25) is 0 Å². The molecule has 0 bridgehead atoms. The van der Waals surface area contributed by atoms with Gasteiger partial charge in [-0.2, -0.15) is 0 Å². The van der Waals surface area contributed by atoms with Crippen LogP contribution in [-0.4, -0.2) is 23.8 Å². The number of rotatable bonds is 2. The Bertz CT molecular complexity index is 201. The van der Waals surface area contributed by atoms with Gasteiger partial charge in [0, 0.05) is 12.5 Å². The average molecular weight is 225 g/mol. The van der Waals surface area contributed by atoms with Gasteiger partial charge in [0.25, 0.3) is 0 Å². The quantitative estimate of drug-likeness (QED) is 0.708. The predicted molar refractivity (Wildman–Crippen MR) is 67.4 cm³/mol. The molecule has 1 aliphatic heterocycles. The molecule has 0 aromatic rings. The smallest absolute Gasteiger partial charge is 0.0687 e. The van der Waals surface area contributed by atoms with E-state index in [1.54, 1.807) is 0 Å². The molecule has 2 nitrogen and oxygen atoms in total. The van der Waals surface area contributed by atoms with E-state index in [4.69, 9.17) is 0 Å². The lowest BCUT2D eigenvalue weighted by Crippen LogP contribution is -2.48. The van der Waals surface area contributed by atoms with E-state index in [1.807, 2.05) is 0 Å². The maximum Gasteiger partial charge on any atom is 0.0687 e. The molecule has 0 aromatic heterocycles. The van der Waals surface area contributed by atoms with Gasteiger partial charge >= 0.3 is 0 Å². The summed E-state index contributed by atoms with van der Waals surface area (Å²) in [5.41, 5.74) is -0.433. The summed E-state index contributed by atoms with van der Waals surface area (Å²) in [6.45, 7) is 4.25. The second-order valence-corrected chi connectivity index (χ2v) is 5.96. The molecule has 1 saturated heterocycles. The third kappa shape index (κ3) is 2.78. The number of nitrogens with one attached hydrogen (secondary N) is 1. The van der Waals surface area contributed by atoms with Crippen molar-refractivity contribution in [3.63, 3.8) is 0 Å². The molecular formula is C14H27NO. The first-order chi connectivity index (χ1) is 7.71. The van der Waals surface area contributed by atoms with Crippen molar-refractivity contribution >= 4 is 0 Å². The lowest BCUT2D eigenvalue weighted by atomic mass is 9.72. The molecule has 1 aliphatic carbocycles. The zero-order valence-electron chi connectivity index (χ0n) is 10.7. The Hall–Kier alpha value is -0.0800. The van der Waals surface area contributed by atoms with Gasteiger partial charge in [-0.05, 0) is 45.1 Å². The van der Waals surface area contributed by atoms with Crippen LogP contribution in [-0.2, 0) is 0 Å². The first kappa shape index (κ1) is 12.4. The highest BCUT2D eigenvalue weighted by molar-refractivity contribution is 4.92. The second kappa shape index (κ2) is 5.50. The summed E-state index contributed by atoms with van der Waals surface area (Å²) < 4.78 is 0. The standard InChI is InChI=1S/C14H27NO/c1-14(16,13-9-6-10-15-11-13)12-7-4-2-3-5-8-12/h12-13,15-16H,2-11H2,1H3. The summed E-state index contributed by atoms with van der Waals surface area (Å²) in [7, 11) is 0. The van der Waals surface area contributed by atoms with Crippen molar-refractivity contribution in [2.24, 2.45) is 11.8 Å². The summed E-state index contributed by atoms with van der Waals surface area (Å²) in [4.78, 5) is 0. The molecule has 2 unspecified atom stereocenters. The highest BCUT2D eigenvalue weighted by atomic mass is 16.3. The third-order valence-electron chi connectivity index (χ3n) is 4.81. The van der Waals surface area contributed by atoms with E-state index >= 15 is 0 Å². The first-order valence-electron chi connectivity index (χ1n) is 7.14. The topological polar surface area (TPSA) is 32.3 Å². The Morgan fingerprint density at radius 3 is 2.12 bits per heavy atom. The Labute approximate surface area is 99.8 Å². The minimum atomic E-state index is -0.433. The molecule has 1 saturated carbocycles. The van der Waals surface area contributed by atoms with Crippen molar-refractivity contribution in [1.29, 1.82) is 0 Å². The van der Waals surface area contributed by atoms with Crippen LogP contribution in [0.4, 0.5) is 0 Å². The van der Waals surface area contributed by atoms with Crippen LogP contribution in [0.25, 0.3) is 0 Å². The van der Waals surface area contributed by atoms with Crippen molar-refractivity contribution < 1.29 is 5.11 Å². The van der Waals surface area contributed by atoms with Crippen molar-refractivity contribution in [2.75, 3.05) is 13.1 Å². The van der Waals surface area contributed by atoms with Crippen LogP contribution in [0, 0.1) is 11.8 Å². The Kier molecular flexibility index (Phi) is 4.26. The maximum absolute atomic E-state index is 10.8. The first-order valence-corrected chi connectivity index (χ1v) is 7.14. The van der Waals surface area contributed by atoms with Gasteiger partial charge in [0.1, 0.15) is 0 Å². The van der Waals surface area contributed by atoms with Gasteiger partial charge in [-0.1, -0.05) is 25.7 Å². The van der Waals surface area contributed by atoms with Crippen LogP contribution >= 0.6 is 0 Å². The van der Waals surface area contributed by atoms with Crippen LogP contribution in [0.5, 0.6) is 0 Å². The Morgan fingerprint density at radius 1 is 0.938 bits per heavy atom. The van der Waals surface area contributed by atoms with Gasteiger partial charge in [-0.25, -0.2) is 0 Å². The number of hydrogen-bond donors (Lipinski definition) is 2. The lowest BCUT2D eigenvalue weighted by Gasteiger charge is -2.41. The summed E-state index contributed by atoms with van der Waals surface area (Å²) in [5, 5.41) is 14.3. The number of hydrogen-bond acceptors (Lipinski definition) is 2. The molecule has 2 rings (SSSR count). The summed E-state index contributed by atoms with van der Waals surface area (Å²) in [6, 6.07) is 0. The van der Waals surface area contributed by atoms with Gasteiger partial charge in [0.05, 0.1) is 5.60 Å². The molecular weight excluding hydrogens is 198 g/mol. The largest absolute Gasteiger partial charge is 0.390 e. The SMILES string of the molecule is CC(O)(C1CCCCCC1)C1CCCNC1. The van der Waals surface area contributed by atoms with E-state index in [1.165, 1.54) is 51.4 Å². The zero-order chi connectivity index (χ0) is 11.4. The normalized spacial score (nSPS) is 33.0. The Balaban J connectivity index is 1.97. The molecule has 94 valence electrons. The van der Waals surface area contributed by atoms with Gasteiger partial charge in [0.2, 0.25) is 0 Å². The summed E-state index contributed by atoms with van der Waals surface area (Å²) >= 11 is 0. The summed E-state index contributed by atoms with van der Waals surface area (Å²) in [5.74, 6) is 1.02. The highest BCUT2D eigenvalue weighted by Gasteiger charge is 2.39. The molecule has 0 spiro atoms. The molecule has 16 heavy (non-hydrogen) atoms. The molecule has 2 N–H and O–H groups in total. The van der Waals surface area contributed by atoms with E-state index in [-0.39, 0.29) is 0 Å². The molecule has 0 amide bonds. The van der Waals surface area contributed by atoms with Crippen LogP contribution in [0.3, 0.4) is 0 Å². The van der Waals surface area contributed by atoms with E-state index in [9.17, 15) is 5.11 Å². The van der Waals surface area contributed by atoms with E-state index in [2.05, 4.69) is 12.2 Å². The van der Waals surface area contributed by atoms with Crippen LogP contribution < -0.4 is 5.32 Å². The van der Waals surface area contributed by atoms with E-state index < -0.39 is 5.60 Å². The van der Waals surface area contributed by atoms with E-state index in [0.717, 1.165) is 13.1 Å². The molecule has 1 heterocycles. The van der Waals surface area contributed by atoms with Crippen molar-refractivity contribution in [2.45, 2.75) is 63.9 Å². The molecule has 2 heteroatoms. The Morgan fingerprint density at radius 2 is 1.56 bits per heavy atom. The van der Waals surface area contributed by atoms with E-state index in [0.29, 0.717) is 11.8 Å². The van der Waals surface area contributed by atoms with Crippen LogP contribution in [0.2, 0.25) is 0 Å². The monoisotopic (exact) mass is 225 g/mol. The number of piperidine rings is 1. The predicted octanol–water partition coefficient (Wildman–Crippen LogP) is 2.71. The third-order valence-corrected chi connectivity index (χ3v) is 4.81. The fourth-order valence-electron chi connectivity index (χ4n) is 3.55. The minimum Gasteiger partial charge on any atom is -0.390 e. The van der Waals surface area contributed by atoms with Crippen molar-refractivity contribution in [3.8, 4) is 0 Å². The minimum absolute atomic E-state index is 0.433.